The Labute approximate surface area is 259 Å². The third-order valence-electron chi connectivity index (χ3n) is 7.56. The second-order valence-corrected chi connectivity index (χ2v) is 10.3. The minimum Gasteiger partial charge on any atom is -0.495 e. The molecular formula is C40H34O4. The van der Waals surface area contributed by atoms with E-state index in [1.54, 1.807) is 14.2 Å². The predicted molar refractivity (Wildman–Crippen MR) is 177 cm³/mol. The highest BCUT2D eigenvalue weighted by Crippen LogP contribution is 2.48. The maximum absolute atomic E-state index is 6.32. The minimum absolute atomic E-state index is 0.474. The van der Waals surface area contributed by atoms with E-state index >= 15 is 0 Å². The molecule has 0 heterocycles. The second kappa shape index (κ2) is 13.7. The fourth-order valence-corrected chi connectivity index (χ4v) is 5.46. The summed E-state index contributed by atoms with van der Waals surface area (Å²) in [7, 11) is 3.41. The van der Waals surface area contributed by atoms with E-state index < -0.39 is 0 Å². The number of hydrogen-bond acceptors (Lipinski definition) is 4. The van der Waals surface area contributed by atoms with Gasteiger partial charge in [-0.05, 0) is 23.3 Å². The number of benzene rings is 6. The molecule has 0 atom stereocenters. The Balaban J connectivity index is 1.39. The van der Waals surface area contributed by atoms with Gasteiger partial charge in [-0.15, -0.1) is 0 Å². The monoisotopic (exact) mass is 578 g/mol. The van der Waals surface area contributed by atoms with Crippen LogP contribution in [0.4, 0.5) is 0 Å². The van der Waals surface area contributed by atoms with E-state index in [1.807, 2.05) is 84.9 Å². The van der Waals surface area contributed by atoms with E-state index in [1.165, 1.54) is 0 Å². The molecule has 218 valence electrons. The van der Waals surface area contributed by atoms with Gasteiger partial charge in [0.2, 0.25) is 0 Å². The van der Waals surface area contributed by atoms with Crippen molar-refractivity contribution in [3.8, 4) is 56.4 Å². The number of para-hydroxylation sites is 4. The summed E-state index contributed by atoms with van der Waals surface area (Å²) in [5.74, 6) is 3.06. The molecule has 0 aromatic heterocycles. The summed E-state index contributed by atoms with van der Waals surface area (Å²) < 4.78 is 24.9. The molecule has 0 aliphatic heterocycles. The van der Waals surface area contributed by atoms with Crippen molar-refractivity contribution in [3.05, 3.63) is 157 Å². The van der Waals surface area contributed by atoms with Crippen LogP contribution in [0.25, 0.3) is 33.4 Å². The third-order valence-corrected chi connectivity index (χ3v) is 7.56. The molecule has 0 unspecified atom stereocenters. The Morgan fingerprint density at radius 3 is 1.05 bits per heavy atom. The highest BCUT2D eigenvalue weighted by Gasteiger charge is 2.21. The van der Waals surface area contributed by atoms with Gasteiger partial charge in [-0.2, -0.15) is 0 Å². The average Bonchev–Trinajstić information content (AvgIpc) is 3.10. The molecule has 0 radical (unpaired) electrons. The molecule has 0 bridgehead atoms. The van der Waals surface area contributed by atoms with Crippen molar-refractivity contribution in [2.75, 3.05) is 14.2 Å². The molecule has 0 fully saturated rings. The first-order valence-electron chi connectivity index (χ1n) is 14.6. The average molecular weight is 579 g/mol. The molecule has 6 aromatic carbocycles. The first kappa shape index (κ1) is 28.6. The lowest BCUT2D eigenvalue weighted by Gasteiger charge is -2.20. The molecule has 0 amide bonds. The molecule has 4 nitrogen and oxygen atoms in total. The summed E-state index contributed by atoms with van der Waals surface area (Å²) in [4.78, 5) is 0. The SMILES string of the molecule is COc1c(-c2ccccc2OCc2ccccc2)cccc1-c1cccc(-c2ccccc2OCc2ccccc2)c1OC. The zero-order valence-electron chi connectivity index (χ0n) is 24.9. The van der Waals surface area contributed by atoms with Crippen molar-refractivity contribution < 1.29 is 18.9 Å². The van der Waals surface area contributed by atoms with Crippen LogP contribution < -0.4 is 18.9 Å². The van der Waals surface area contributed by atoms with Crippen molar-refractivity contribution in [3.63, 3.8) is 0 Å². The predicted octanol–water partition coefficient (Wildman–Crippen LogP) is 9.86. The van der Waals surface area contributed by atoms with Gasteiger partial charge in [-0.3, -0.25) is 0 Å². The number of rotatable bonds is 11. The largest absolute Gasteiger partial charge is 0.495 e. The molecule has 0 N–H and O–H groups in total. The highest BCUT2D eigenvalue weighted by atomic mass is 16.5. The van der Waals surface area contributed by atoms with Crippen LogP contribution in [0.1, 0.15) is 11.1 Å². The van der Waals surface area contributed by atoms with Crippen molar-refractivity contribution in [2.24, 2.45) is 0 Å². The molecule has 0 aliphatic rings. The maximum atomic E-state index is 6.32. The van der Waals surface area contributed by atoms with Gasteiger partial charge < -0.3 is 18.9 Å². The van der Waals surface area contributed by atoms with Gasteiger partial charge in [-0.1, -0.05) is 133 Å². The van der Waals surface area contributed by atoms with Crippen molar-refractivity contribution in [1.29, 1.82) is 0 Å². The summed E-state index contributed by atoms with van der Waals surface area (Å²) >= 11 is 0. The van der Waals surface area contributed by atoms with Gasteiger partial charge >= 0.3 is 0 Å². The third kappa shape index (κ3) is 6.16. The molecule has 0 spiro atoms. The maximum Gasteiger partial charge on any atom is 0.134 e. The Hall–Kier alpha value is -5.48. The van der Waals surface area contributed by atoms with E-state index in [4.69, 9.17) is 18.9 Å². The van der Waals surface area contributed by atoms with Crippen LogP contribution in [0.15, 0.2) is 146 Å². The molecule has 44 heavy (non-hydrogen) atoms. The lowest BCUT2D eigenvalue weighted by Crippen LogP contribution is -2.00. The Morgan fingerprint density at radius 1 is 0.341 bits per heavy atom. The van der Waals surface area contributed by atoms with Gasteiger partial charge in [0, 0.05) is 33.4 Å². The first-order valence-corrected chi connectivity index (χ1v) is 14.6. The van der Waals surface area contributed by atoms with Gasteiger partial charge in [-0.25, -0.2) is 0 Å². The summed E-state index contributed by atoms with van der Waals surface area (Å²) in [6, 6.07) is 48.8. The van der Waals surface area contributed by atoms with E-state index in [0.717, 1.165) is 67.5 Å². The van der Waals surface area contributed by atoms with Gasteiger partial charge in [0.15, 0.2) is 0 Å². The van der Waals surface area contributed by atoms with Crippen molar-refractivity contribution in [2.45, 2.75) is 13.2 Å². The summed E-state index contributed by atoms with van der Waals surface area (Å²) in [6.45, 7) is 0.947. The van der Waals surface area contributed by atoms with Crippen LogP contribution in [0.3, 0.4) is 0 Å². The Kier molecular flexibility index (Phi) is 8.89. The van der Waals surface area contributed by atoms with Crippen LogP contribution in [0, 0.1) is 0 Å². The van der Waals surface area contributed by atoms with Gasteiger partial charge in [0.05, 0.1) is 14.2 Å². The fourth-order valence-electron chi connectivity index (χ4n) is 5.46. The van der Waals surface area contributed by atoms with E-state index in [0.29, 0.717) is 13.2 Å². The topological polar surface area (TPSA) is 36.9 Å². The van der Waals surface area contributed by atoms with Crippen LogP contribution in [0.2, 0.25) is 0 Å². The molecule has 0 saturated carbocycles. The van der Waals surface area contributed by atoms with Crippen LogP contribution >= 0.6 is 0 Å². The van der Waals surface area contributed by atoms with E-state index in [9.17, 15) is 0 Å². The Morgan fingerprint density at radius 2 is 0.659 bits per heavy atom. The van der Waals surface area contributed by atoms with Gasteiger partial charge in [0.1, 0.15) is 36.2 Å². The smallest absolute Gasteiger partial charge is 0.134 e. The molecule has 4 heteroatoms. The Bertz CT molecular complexity index is 1690. The van der Waals surface area contributed by atoms with E-state index in [2.05, 4.69) is 60.7 Å². The number of methoxy groups -OCH3 is 2. The van der Waals surface area contributed by atoms with Crippen LogP contribution in [-0.4, -0.2) is 14.2 Å². The molecular weight excluding hydrogens is 544 g/mol. The first-order chi connectivity index (χ1) is 21.8. The standard InChI is InChI=1S/C40H34O4/c1-41-39-33(31-19-9-11-25-37(31)43-27-29-15-5-3-6-16-29)21-13-23-35(39)36-24-14-22-34(40(36)42-2)32-20-10-12-26-38(32)44-28-30-17-7-4-8-18-30/h3-26H,27-28H2,1-2H3. The fraction of sp³-hybridized carbons (Fsp3) is 0.100. The summed E-state index contributed by atoms with van der Waals surface area (Å²) in [6.07, 6.45) is 0. The van der Waals surface area contributed by atoms with Crippen LogP contribution in [0.5, 0.6) is 23.0 Å². The second-order valence-electron chi connectivity index (χ2n) is 10.3. The normalized spacial score (nSPS) is 10.7. The lowest BCUT2D eigenvalue weighted by atomic mass is 9.93. The molecule has 0 aliphatic carbocycles. The molecule has 0 saturated heterocycles. The minimum atomic E-state index is 0.474. The zero-order valence-corrected chi connectivity index (χ0v) is 24.9. The zero-order chi connectivity index (χ0) is 30.1. The molecule has 6 rings (SSSR count). The van der Waals surface area contributed by atoms with E-state index in [-0.39, 0.29) is 0 Å². The number of hydrogen-bond donors (Lipinski definition) is 0. The summed E-state index contributed by atoms with van der Waals surface area (Å²) in [5, 5.41) is 0. The summed E-state index contributed by atoms with van der Waals surface area (Å²) in [5.41, 5.74) is 7.85. The lowest BCUT2D eigenvalue weighted by molar-refractivity contribution is 0.307. The number of ether oxygens (including phenoxy) is 4. The quantitative estimate of drug-likeness (QED) is 0.153. The van der Waals surface area contributed by atoms with Crippen molar-refractivity contribution in [1.82, 2.24) is 0 Å². The molecule has 6 aromatic rings. The van der Waals surface area contributed by atoms with Crippen LogP contribution in [-0.2, 0) is 13.2 Å². The van der Waals surface area contributed by atoms with Gasteiger partial charge in [0.25, 0.3) is 0 Å². The highest BCUT2D eigenvalue weighted by molar-refractivity contribution is 5.90. The van der Waals surface area contributed by atoms with Crippen molar-refractivity contribution >= 4 is 0 Å².